The maximum Gasteiger partial charge on any atom is 0.0184 e. The monoisotopic (exact) mass is 289 g/mol. The van der Waals surface area contributed by atoms with Crippen LogP contribution in [-0.2, 0) is 0 Å². The minimum absolute atomic E-state index is 0.777. The smallest absolute Gasteiger partial charge is 0.0184 e. The third-order valence-corrected chi connectivity index (χ3v) is 5.77. The van der Waals surface area contributed by atoms with Crippen molar-refractivity contribution in [2.75, 3.05) is 24.6 Å². The molecule has 3 heteroatoms. The van der Waals surface area contributed by atoms with Gasteiger partial charge in [0.2, 0.25) is 0 Å². The van der Waals surface area contributed by atoms with Crippen LogP contribution in [0.3, 0.4) is 0 Å². The van der Waals surface area contributed by atoms with Gasteiger partial charge in [0.05, 0.1) is 0 Å². The van der Waals surface area contributed by atoms with Gasteiger partial charge < -0.3 is 0 Å². The molecule has 1 aliphatic heterocycles. The lowest BCUT2D eigenvalue weighted by molar-refractivity contribution is 0.208. The Morgan fingerprint density at radius 2 is 1.61 bits per heavy atom. The van der Waals surface area contributed by atoms with E-state index in [4.69, 9.17) is 0 Å². The predicted molar refractivity (Wildman–Crippen MR) is 89.1 cm³/mol. The Hall–Kier alpha value is 0.660. The van der Waals surface area contributed by atoms with Crippen LogP contribution in [0.1, 0.15) is 58.8 Å². The lowest BCUT2D eigenvalue weighted by Crippen LogP contribution is -2.44. The van der Waals surface area contributed by atoms with Gasteiger partial charge in [-0.05, 0) is 32.1 Å². The number of thiol groups is 1. The van der Waals surface area contributed by atoms with E-state index < -0.39 is 0 Å². The molecule has 1 heterocycles. The molecule has 0 spiro atoms. The van der Waals surface area contributed by atoms with Crippen LogP contribution in [0.15, 0.2) is 0 Å². The van der Waals surface area contributed by atoms with Gasteiger partial charge in [0.25, 0.3) is 0 Å². The summed E-state index contributed by atoms with van der Waals surface area (Å²) in [4.78, 5) is 2.70. The third-order valence-electron chi connectivity index (χ3n) is 4.12. The van der Waals surface area contributed by atoms with Crippen molar-refractivity contribution in [2.24, 2.45) is 0 Å². The van der Waals surface area contributed by atoms with Crippen molar-refractivity contribution in [1.29, 1.82) is 0 Å². The zero-order valence-corrected chi connectivity index (χ0v) is 13.9. The SMILES string of the molecule is CC1SCCN(CCCCCCCCCS)C1C. The fraction of sp³-hybridized carbons (Fsp3) is 1.00. The first-order chi connectivity index (χ1) is 8.75. The van der Waals surface area contributed by atoms with Crippen LogP contribution >= 0.6 is 24.4 Å². The van der Waals surface area contributed by atoms with Gasteiger partial charge in [-0.1, -0.05) is 39.0 Å². The maximum atomic E-state index is 4.25. The summed E-state index contributed by atoms with van der Waals surface area (Å²) in [6.45, 7) is 7.40. The molecule has 0 aromatic rings. The lowest BCUT2D eigenvalue weighted by Gasteiger charge is -2.37. The summed E-state index contributed by atoms with van der Waals surface area (Å²) in [5.74, 6) is 2.39. The van der Waals surface area contributed by atoms with Crippen LogP contribution in [0.2, 0.25) is 0 Å². The van der Waals surface area contributed by atoms with Gasteiger partial charge in [0, 0.05) is 23.6 Å². The van der Waals surface area contributed by atoms with E-state index in [2.05, 4.69) is 43.1 Å². The van der Waals surface area contributed by atoms with Gasteiger partial charge >= 0.3 is 0 Å². The molecule has 1 saturated heterocycles. The molecule has 2 atom stereocenters. The fourth-order valence-electron chi connectivity index (χ4n) is 2.62. The molecule has 2 unspecified atom stereocenters. The first kappa shape index (κ1) is 16.7. The van der Waals surface area contributed by atoms with E-state index in [-0.39, 0.29) is 0 Å². The van der Waals surface area contributed by atoms with Crippen LogP contribution in [0.4, 0.5) is 0 Å². The van der Waals surface area contributed by atoms with Gasteiger partial charge in [-0.3, -0.25) is 4.90 Å². The van der Waals surface area contributed by atoms with E-state index >= 15 is 0 Å². The largest absolute Gasteiger partial charge is 0.299 e. The average Bonchev–Trinajstić information content (AvgIpc) is 2.37. The molecule has 0 saturated carbocycles. The molecule has 0 bridgehead atoms. The third kappa shape index (κ3) is 6.72. The Morgan fingerprint density at radius 3 is 2.28 bits per heavy atom. The Kier molecular flexibility index (Phi) is 9.70. The summed E-state index contributed by atoms with van der Waals surface area (Å²) in [5, 5.41) is 0.819. The molecule has 0 N–H and O–H groups in total. The molecule has 1 rings (SSSR count). The zero-order chi connectivity index (χ0) is 13.2. The minimum atomic E-state index is 0.777. The summed E-state index contributed by atoms with van der Waals surface area (Å²) in [5.41, 5.74) is 0. The molecule has 18 heavy (non-hydrogen) atoms. The molecular formula is C15H31NS2. The second-order valence-electron chi connectivity index (χ2n) is 5.55. The van der Waals surface area contributed by atoms with Crippen molar-refractivity contribution in [3.8, 4) is 0 Å². The summed E-state index contributed by atoms with van der Waals surface area (Å²) in [6, 6.07) is 0.777. The van der Waals surface area contributed by atoms with E-state index in [1.807, 2.05) is 0 Å². The Balaban J connectivity index is 1.94. The molecule has 1 nitrogen and oxygen atoms in total. The van der Waals surface area contributed by atoms with E-state index in [0.29, 0.717) is 0 Å². The second-order valence-corrected chi connectivity index (χ2v) is 7.48. The first-order valence-corrected chi connectivity index (χ1v) is 9.40. The summed E-state index contributed by atoms with van der Waals surface area (Å²) < 4.78 is 0. The van der Waals surface area contributed by atoms with Crippen LogP contribution in [-0.4, -0.2) is 40.8 Å². The maximum absolute atomic E-state index is 4.25. The predicted octanol–water partition coefficient (Wildman–Crippen LogP) is 4.47. The number of unbranched alkanes of at least 4 members (excludes halogenated alkanes) is 6. The number of hydrogen-bond acceptors (Lipinski definition) is 3. The van der Waals surface area contributed by atoms with Gasteiger partial charge in [-0.25, -0.2) is 0 Å². The molecule has 1 aliphatic rings. The minimum Gasteiger partial charge on any atom is -0.299 e. The standard InChI is InChI=1S/C15H31NS2/c1-14-15(2)18-13-11-16(14)10-8-6-4-3-5-7-9-12-17/h14-15,17H,3-13H2,1-2H3. The van der Waals surface area contributed by atoms with Gasteiger partial charge in [-0.15, -0.1) is 0 Å². The molecule has 0 aromatic heterocycles. The second kappa shape index (κ2) is 10.4. The van der Waals surface area contributed by atoms with Gasteiger partial charge in [-0.2, -0.15) is 24.4 Å². The molecular weight excluding hydrogens is 258 g/mol. The zero-order valence-electron chi connectivity index (χ0n) is 12.2. The lowest BCUT2D eigenvalue weighted by atomic mass is 10.1. The molecule has 0 radical (unpaired) electrons. The number of hydrogen-bond donors (Lipinski definition) is 1. The Bertz CT molecular complexity index is 199. The highest BCUT2D eigenvalue weighted by atomic mass is 32.2. The van der Waals surface area contributed by atoms with Crippen molar-refractivity contribution < 1.29 is 0 Å². The van der Waals surface area contributed by atoms with Crippen molar-refractivity contribution in [3.05, 3.63) is 0 Å². The molecule has 0 amide bonds. The van der Waals surface area contributed by atoms with Crippen molar-refractivity contribution in [3.63, 3.8) is 0 Å². The highest BCUT2D eigenvalue weighted by Gasteiger charge is 2.24. The van der Waals surface area contributed by atoms with E-state index in [9.17, 15) is 0 Å². The Labute approximate surface area is 124 Å². The van der Waals surface area contributed by atoms with Gasteiger partial charge in [0.1, 0.15) is 0 Å². The average molecular weight is 290 g/mol. The summed E-state index contributed by atoms with van der Waals surface area (Å²) >= 11 is 6.38. The molecule has 1 fully saturated rings. The summed E-state index contributed by atoms with van der Waals surface area (Å²) in [6.07, 6.45) is 9.76. The number of nitrogens with zero attached hydrogens (tertiary/aromatic N) is 1. The van der Waals surface area contributed by atoms with Crippen LogP contribution < -0.4 is 0 Å². The highest BCUT2D eigenvalue weighted by Crippen LogP contribution is 2.24. The quantitative estimate of drug-likeness (QED) is 0.493. The van der Waals surface area contributed by atoms with Crippen molar-refractivity contribution in [2.45, 2.75) is 70.1 Å². The first-order valence-electron chi connectivity index (χ1n) is 7.72. The van der Waals surface area contributed by atoms with E-state index in [1.165, 1.54) is 63.8 Å². The number of thioether (sulfide) groups is 1. The molecule has 0 aromatic carbocycles. The molecule has 0 aliphatic carbocycles. The topological polar surface area (TPSA) is 3.24 Å². The van der Waals surface area contributed by atoms with Crippen molar-refractivity contribution >= 4 is 24.4 Å². The highest BCUT2D eigenvalue weighted by molar-refractivity contribution is 8.00. The van der Waals surface area contributed by atoms with E-state index in [0.717, 1.165) is 17.0 Å². The summed E-state index contributed by atoms with van der Waals surface area (Å²) in [7, 11) is 0. The fourth-order valence-corrected chi connectivity index (χ4v) is 4.01. The van der Waals surface area contributed by atoms with Crippen LogP contribution in [0.25, 0.3) is 0 Å². The van der Waals surface area contributed by atoms with E-state index in [1.54, 1.807) is 0 Å². The van der Waals surface area contributed by atoms with Crippen molar-refractivity contribution in [1.82, 2.24) is 4.90 Å². The number of rotatable bonds is 9. The Morgan fingerprint density at radius 1 is 1.00 bits per heavy atom. The molecule has 108 valence electrons. The van der Waals surface area contributed by atoms with Gasteiger partial charge in [0.15, 0.2) is 0 Å². The van der Waals surface area contributed by atoms with Crippen LogP contribution in [0.5, 0.6) is 0 Å². The normalized spacial score (nSPS) is 25.5. The van der Waals surface area contributed by atoms with Crippen LogP contribution in [0, 0.1) is 0 Å².